The van der Waals surface area contributed by atoms with E-state index in [1.54, 1.807) is 13.0 Å². The molecule has 1 amide bonds. The van der Waals surface area contributed by atoms with Crippen LogP contribution in [0.4, 0.5) is 21.5 Å². The van der Waals surface area contributed by atoms with Crippen LogP contribution in [0.25, 0.3) is 0 Å². The molecule has 3 N–H and O–H groups in total. The van der Waals surface area contributed by atoms with Crippen LogP contribution in [-0.4, -0.2) is 23.4 Å². The van der Waals surface area contributed by atoms with E-state index < -0.39 is 29.2 Å². The number of rotatable bonds is 5. The lowest BCUT2D eigenvalue weighted by Gasteiger charge is -2.10. The molecule has 130 valence electrons. The number of anilines is 2. The monoisotopic (exact) mass is 347 g/mol. The van der Waals surface area contributed by atoms with E-state index in [2.05, 4.69) is 5.32 Å². The van der Waals surface area contributed by atoms with Gasteiger partial charge < -0.3 is 15.8 Å². The average molecular weight is 347 g/mol. The Balaban J connectivity index is 2.04. The second kappa shape index (κ2) is 7.39. The molecular formula is C16H14FN3O5. The second-order valence-electron chi connectivity index (χ2n) is 5.08. The summed E-state index contributed by atoms with van der Waals surface area (Å²) in [6.07, 6.45) is 0. The molecule has 0 aliphatic rings. The fraction of sp³-hybridized carbons (Fsp3) is 0.125. The molecule has 8 nitrogen and oxygen atoms in total. The molecule has 0 radical (unpaired) electrons. The van der Waals surface area contributed by atoms with Gasteiger partial charge in [-0.3, -0.25) is 14.9 Å². The number of para-hydroxylation sites is 1. The zero-order valence-electron chi connectivity index (χ0n) is 13.1. The van der Waals surface area contributed by atoms with Gasteiger partial charge in [0.2, 0.25) is 0 Å². The van der Waals surface area contributed by atoms with Crippen molar-refractivity contribution >= 4 is 28.9 Å². The summed E-state index contributed by atoms with van der Waals surface area (Å²) < 4.78 is 17.8. The Bertz CT molecular complexity index is 854. The molecule has 0 atom stereocenters. The first-order valence-corrected chi connectivity index (χ1v) is 7.05. The number of amides is 1. The Kier molecular flexibility index (Phi) is 5.28. The maximum absolute atomic E-state index is 13.0. The number of esters is 1. The fourth-order valence-electron chi connectivity index (χ4n) is 2.07. The molecule has 0 saturated heterocycles. The van der Waals surface area contributed by atoms with Crippen LogP contribution in [0.2, 0.25) is 0 Å². The van der Waals surface area contributed by atoms with Crippen molar-refractivity contribution in [3.63, 3.8) is 0 Å². The van der Waals surface area contributed by atoms with Crippen LogP contribution in [0.3, 0.4) is 0 Å². The maximum Gasteiger partial charge on any atom is 0.340 e. The van der Waals surface area contributed by atoms with Crippen molar-refractivity contribution < 1.29 is 23.6 Å². The summed E-state index contributed by atoms with van der Waals surface area (Å²) in [5.41, 5.74) is 5.53. The summed E-state index contributed by atoms with van der Waals surface area (Å²) in [6.45, 7) is 0.912. The predicted octanol–water partition coefficient (Wildman–Crippen LogP) is 2.42. The summed E-state index contributed by atoms with van der Waals surface area (Å²) in [7, 11) is 0. The largest absolute Gasteiger partial charge is 0.452 e. The molecule has 9 heteroatoms. The molecule has 0 fully saturated rings. The molecule has 0 aliphatic carbocycles. The van der Waals surface area contributed by atoms with Gasteiger partial charge in [0, 0.05) is 11.8 Å². The number of hydrogen-bond acceptors (Lipinski definition) is 6. The predicted molar refractivity (Wildman–Crippen MR) is 87.6 cm³/mol. The van der Waals surface area contributed by atoms with Gasteiger partial charge in [-0.1, -0.05) is 12.1 Å². The number of aryl methyl sites for hydroxylation is 1. The lowest BCUT2D eigenvalue weighted by atomic mass is 10.1. The van der Waals surface area contributed by atoms with Crippen LogP contribution in [0.1, 0.15) is 15.9 Å². The number of carbonyl (C=O) groups excluding carboxylic acids is 2. The average Bonchev–Trinajstić information content (AvgIpc) is 2.54. The zero-order chi connectivity index (χ0) is 18.6. The third-order valence-electron chi connectivity index (χ3n) is 3.28. The molecule has 0 saturated carbocycles. The Hall–Kier alpha value is -3.49. The Morgan fingerprint density at radius 1 is 1.32 bits per heavy atom. The van der Waals surface area contributed by atoms with Gasteiger partial charge in [-0.05, 0) is 30.7 Å². The van der Waals surface area contributed by atoms with Crippen LogP contribution in [0.15, 0.2) is 36.4 Å². The Morgan fingerprint density at radius 3 is 2.68 bits per heavy atom. The van der Waals surface area contributed by atoms with E-state index in [0.29, 0.717) is 5.56 Å². The number of nitrogens with one attached hydrogen (secondary N) is 1. The van der Waals surface area contributed by atoms with Crippen molar-refractivity contribution in [3.05, 3.63) is 63.5 Å². The molecule has 0 bridgehead atoms. The highest BCUT2D eigenvalue weighted by molar-refractivity contribution is 5.99. The first kappa shape index (κ1) is 17.9. The number of carbonyl (C=O) groups is 2. The third-order valence-corrected chi connectivity index (χ3v) is 3.28. The molecule has 0 unspecified atom stereocenters. The van der Waals surface area contributed by atoms with E-state index in [4.69, 9.17) is 10.5 Å². The first-order chi connectivity index (χ1) is 11.8. The number of nitro groups is 1. The number of ether oxygens (including phenoxy) is 1. The SMILES string of the molecule is Cc1cccc([N+](=O)[O-])c1NC(=O)COC(=O)c1ccc(F)cc1N. The van der Waals surface area contributed by atoms with Gasteiger partial charge in [-0.25, -0.2) is 9.18 Å². The third kappa shape index (κ3) is 4.28. The van der Waals surface area contributed by atoms with Gasteiger partial charge in [0.1, 0.15) is 11.5 Å². The number of nitro benzene ring substituents is 1. The second-order valence-corrected chi connectivity index (χ2v) is 5.08. The van der Waals surface area contributed by atoms with Crippen molar-refractivity contribution in [2.45, 2.75) is 6.92 Å². The van der Waals surface area contributed by atoms with E-state index in [-0.39, 0.29) is 22.6 Å². The molecule has 0 aliphatic heterocycles. The van der Waals surface area contributed by atoms with Gasteiger partial charge >= 0.3 is 5.97 Å². The van der Waals surface area contributed by atoms with Crippen LogP contribution in [0.5, 0.6) is 0 Å². The smallest absolute Gasteiger partial charge is 0.340 e. The normalized spacial score (nSPS) is 10.2. The van der Waals surface area contributed by atoms with Crippen LogP contribution >= 0.6 is 0 Å². The van der Waals surface area contributed by atoms with E-state index in [0.717, 1.165) is 18.2 Å². The highest BCUT2D eigenvalue weighted by Gasteiger charge is 2.19. The highest BCUT2D eigenvalue weighted by atomic mass is 19.1. The number of nitrogens with two attached hydrogens (primary N) is 1. The quantitative estimate of drug-likeness (QED) is 0.370. The van der Waals surface area contributed by atoms with Crippen molar-refractivity contribution in [2.75, 3.05) is 17.7 Å². The summed E-state index contributed by atoms with van der Waals surface area (Å²) in [4.78, 5) is 34.1. The standard InChI is InChI=1S/C16H14FN3O5/c1-9-3-2-4-13(20(23)24)15(9)19-14(21)8-25-16(22)11-6-5-10(17)7-12(11)18/h2-7H,8,18H2,1H3,(H,19,21). The van der Waals surface area contributed by atoms with Gasteiger partial charge in [-0.2, -0.15) is 0 Å². The summed E-state index contributed by atoms with van der Waals surface area (Å²) in [6, 6.07) is 7.44. The zero-order valence-corrected chi connectivity index (χ0v) is 13.1. The number of nitrogens with zero attached hydrogens (tertiary/aromatic N) is 1. The van der Waals surface area contributed by atoms with E-state index in [1.807, 2.05) is 0 Å². The number of hydrogen-bond donors (Lipinski definition) is 2. The Morgan fingerprint density at radius 2 is 2.04 bits per heavy atom. The molecule has 0 heterocycles. The van der Waals surface area contributed by atoms with Crippen molar-refractivity contribution in [1.29, 1.82) is 0 Å². The summed E-state index contributed by atoms with van der Waals surface area (Å²) in [5, 5.41) is 13.3. The Labute approximate surface area is 141 Å². The fourth-order valence-corrected chi connectivity index (χ4v) is 2.07. The van der Waals surface area contributed by atoms with Crippen LogP contribution in [-0.2, 0) is 9.53 Å². The molecule has 2 aromatic carbocycles. The lowest BCUT2D eigenvalue weighted by Crippen LogP contribution is -2.22. The molecule has 0 aromatic heterocycles. The molecule has 25 heavy (non-hydrogen) atoms. The van der Waals surface area contributed by atoms with Gasteiger partial charge in [0.15, 0.2) is 6.61 Å². The topological polar surface area (TPSA) is 125 Å². The molecular weight excluding hydrogens is 333 g/mol. The van der Waals surface area contributed by atoms with Crippen molar-refractivity contribution in [2.24, 2.45) is 0 Å². The van der Waals surface area contributed by atoms with Crippen molar-refractivity contribution in [1.82, 2.24) is 0 Å². The highest BCUT2D eigenvalue weighted by Crippen LogP contribution is 2.27. The molecule has 2 rings (SSSR count). The minimum Gasteiger partial charge on any atom is -0.452 e. The van der Waals surface area contributed by atoms with Gasteiger partial charge in [0.25, 0.3) is 11.6 Å². The minimum absolute atomic E-state index is 0.0230. The number of benzene rings is 2. The van der Waals surface area contributed by atoms with Gasteiger partial charge in [0.05, 0.1) is 10.5 Å². The van der Waals surface area contributed by atoms with Crippen LogP contribution < -0.4 is 11.1 Å². The first-order valence-electron chi connectivity index (χ1n) is 7.05. The lowest BCUT2D eigenvalue weighted by molar-refractivity contribution is -0.384. The number of nitrogen functional groups attached to an aromatic ring is 1. The maximum atomic E-state index is 13.0. The minimum atomic E-state index is -0.910. The van der Waals surface area contributed by atoms with E-state index in [9.17, 15) is 24.1 Å². The van der Waals surface area contributed by atoms with E-state index >= 15 is 0 Å². The molecule has 2 aromatic rings. The van der Waals surface area contributed by atoms with Gasteiger partial charge in [-0.15, -0.1) is 0 Å². The number of halogens is 1. The van der Waals surface area contributed by atoms with Crippen molar-refractivity contribution in [3.8, 4) is 0 Å². The van der Waals surface area contributed by atoms with E-state index in [1.165, 1.54) is 12.1 Å². The van der Waals surface area contributed by atoms with Crippen LogP contribution in [0, 0.1) is 22.9 Å². The summed E-state index contributed by atoms with van der Waals surface area (Å²) in [5.74, 6) is -2.28. The molecule has 0 spiro atoms. The summed E-state index contributed by atoms with van der Waals surface area (Å²) >= 11 is 0.